The Morgan fingerprint density at radius 3 is 2.57 bits per heavy atom. The van der Waals surface area contributed by atoms with Crippen molar-refractivity contribution in [2.24, 2.45) is 0 Å². The van der Waals surface area contributed by atoms with Gasteiger partial charge < -0.3 is 10.3 Å². The molecule has 1 aromatic heterocycles. The lowest BCUT2D eigenvalue weighted by Gasteiger charge is -2.21. The van der Waals surface area contributed by atoms with Crippen LogP contribution in [0.4, 0.5) is 10.1 Å². The van der Waals surface area contributed by atoms with E-state index in [0.717, 1.165) is 56.2 Å². The first-order valence-electron chi connectivity index (χ1n) is 10.3. The number of amides is 1. The minimum atomic E-state index is -0.415. The largest absolute Gasteiger partial charge is 0.341 e. The van der Waals surface area contributed by atoms with Gasteiger partial charge in [-0.3, -0.25) is 14.6 Å². The molecule has 2 N–H and O–H groups in total. The van der Waals surface area contributed by atoms with Crippen LogP contribution in [-0.2, 0) is 11.3 Å². The molecule has 1 aliphatic heterocycles. The van der Waals surface area contributed by atoms with Crippen LogP contribution in [0.5, 0.6) is 0 Å². The number of nitrogens with one attached hydrogen (secondary N) is 2. The van der Waals surface area contributed by atoms with E-state index in [4.69, 9.17) is 0 Å². The van der Waals surface area contributed by atoms with Gasteiger partial charge in [0.2, 0.25) is 5.91 Å². The van der Waals surface area contributed by atoms with Gasteiger partial charge in [-0.1, -0.05) is 42.5 Å². The zero-order valence-corrected chi connectivity index (χ0v) is 16.9. The molecular formula is C23H26FN5O. The first kappa shape index (κ1) is 20.3. The number of aromatic nitrogens is 2. The molecule has 1 amide bonds. The molecule has 0 unspecified atom stereocenters. The van der Waals surface area contributed by atoms with Gasteiger partial charge in [0.05, 0.1) is 12.2 Å². The summed E-state index contributed by atoms with van der Waals surface area (Å²) in [5, 5.41) is 2.66. The smallest absolute Gasteiger partial charge is 0.238 e. The fourth-order valence-electron chi connectivity index (χ4n) is 3.72. The van der Waals surface area contributed by atoms with Crippen molar-refractivity contribution >= 4 is 11.6 Å². The lowest BCUT2D eigenvalue weighted by Crippen LogP contribution is -2.36. The van der Waals surface area contributed by atoms with E-state index < -0.39 is 5.82 Å². The highest BCUT2D eigenvalue weighted by Crippen LogP contribution is 2.16. The maximum absolute atomic E-state index is 13.7. The summed E-state index contributed by atoms with van der Waals surface area (Å²) in [6.07, 6.45) is 2.87. The van der Waals surface area contributed by atoms with E-state index in [9.17, 15) is 9.18 Å². The number of nitrogens with zero attached hydrogens (tertiary/aromatic N) is 3. The summed E-state index contributed by atoms with van der Waals surface area (Å²) < 4.78 is 13.7. The Morgan fingerprint density at radius 2 is 1.73 bits per heavy atom. The van der Waals surface area contributed by atoms with Crippen molar-refractivity contribution < 1.29 is 9.18 Å². The second kappa shape index (κ2) is 9.65. The van der Waals surface area contributed by atoms with Crippen LogP contribution in [0, 0.1) is 5.82 Å². The standard InChI is InChI=1S/C23H26FN5O/c24-20-9-4-5-10-21(20)27-22(30)17-29-12-6-11-28(13-14-29)16-19-15-25-23(26-19)18-7-2-1-3-8-18/h1-5,7-10,15H,6,11-14,16-17H2,(H,25,26)(H,27,30). The van der Waals surface area contributed by atoms with Gasteiger partial charge in [0.1, 0.15) is 11.6 Å². The summed E-state index contributed by atoms with van der Waals surface area (Å²) >= 11 is 0. The molecule has 4 rings (SSSR count). The molecule has 0 bridgehead atoms. The topological polar surface area (TPSA) is 64.3 Å². The number of carbonyl (C=O) groups is 1. The van der Waals surface area contributed by atoms with Crippen LogP contribution in [0.15, 0.2) is 60.8 Å². The number of para-hydroxylation sites is 1. The third kappa shape index (κ3) is 5.31. The zero-order valence-electron chi connectivity index (χ0n) is 16.9. The fourth-order valence-corrected chi connectivity index (χ4v) is 3.72. The maximum atomic E-state index is 13.7. The van der Waals surface area contributed by atoms with Crippen LogP contribution in [0.2, 0.25) is 0 Å². The van der Waals surface area contributed by atoms with E-state index in [2.05, 4.69) is 25.1 Å². The quantitative estimate of drug-likeness (QED) is 0.658. The normalized spacial score (nSPS) is 15.6. The molecule has 1 saturated heterocycles. The Hall–Kier alpha value is -3.03. The number of hydrogen-bond acceptors (Lipinski definition) is 4. The minimum absolute atomic E-state index is 0.186. The van der Waals surface area contributed by atoms with Crippen molar-refractivity contribution in [3.8, 4) is 11.4 Å². The molecule has 7 heteroatoms. The number of imidazole rings is 1. The summed E-state index contributed by atoms with van der Waals surface area (Å²) in [6, 6.07) is 16.3. The van der Waals surface area contributed by atoms with Crippen molar-refractivity contribution in [3.05, 3.63) is 72.3 Å². The molecule has 1 fully saturated rings. The van der Waals surface area contributed by atoms with Crippen molar-refractivity contribution in [2.75, 3.05) is 38.0 Å². The van der Waals surface area contributed by atoms with Gasteiger partial charge in [0.25, 0.3) is 0 Å². The number of H-pyrrole nitrogens is 1. The zero-order chi connectivity index (χ0) is 20.8. The summed E-state index contributed by atoms with van der Waals surface area (Å²) in [6.45, 7) is 4.54. The molecular weight excluding hydrogens is 381 g/mol. The Kier molecular flexibility index (Phi) is 6.51. The van der Waals surface area contributed by atoms with Crippen molar-refractivity contribution in [1.82, 2.24) is 19.8 Å². The van der Waals surface area contributed by atoms with Crippen LogP contribution < -0.4 is 5.32 Å². The number of halogens is 1. The monoisotopic (exact) mass is 407 g/mol. The van der Waals surface area contributed by atoms with E-state index in [0.29, 0.717) is 0 Å². The van der Waals surface area contributed by atoms with Crippen LogP contribution in [0.25, 0.3) is 11.4 Å². The van der Waals surface area contributed by atoms with Crippen molar-refractivity contribution in [3.63, 3.8) is 0 Å². The van der Waals surface area contributed by atoms with Gasteiger partial charge in [0.15, 0.2) is 0 Å². The molecule has 30 heavy (non-hydrogen) atoms. The maximum Gasteiger partial charge on any atom is 0.238 e. The molecule has 156 valence electrons. The average Bonchev–Trinajstić information content (AvgIpc) is 3.11. The molecule has 6 nitrogen and oxygen atoms in total. The minimum Gasteiger partial charge on any atom is -0.341 e. The summed E-state index contributed by atoms with van der Waals surface area (Å²) in [4.78, 5) is 24.7. The van der Waals surface area contributed by atoms with Gasteiger partial charge in [-0.2, -0.15) is 0 Å². The first-order chi connectivity index (χ1) is 14.7. The number of benzene rings is 2. The van der Waals surface area contributed by atoms with Crippen molar-refractivity contribution in [1.29, 1.82) is 0 Å². The Balaban J connectivity index is 1.27. The first-order valence-corrected chi connectivity index (χ1v) is 10.3. The summed E-state index contributed by atoms with van der Waals surface area (Å²) in [5.41, 5.74) is 2.39. The Labute approximate surface area is 175 Å². The SMILES string of the molecule is O=C(CN1CCCN(Cc2cnc(-c3ccccc3)[nH]2)CC1)Nc1ccccc1F. The second-order valence-electron chi connectivity index (χ2n) is 7.56. The van der Waals surface area contributed by atoms with E-state index in [-0.39, 0.29) is 18.1 Å². The Bertz CT molecular complexity index is 974. The van der Waals surface area contributed by atoms with Crippen LogP contribution in [-0.4, -0.2) is 58.4 Å². The number of rotatable bonds is 6. The predicted octanol–water partition coefficient (Wildman–Crippen LogP) is 3.36. The van der Waals surface area contributed by atoms with Gasteiger partial charge in [-0.25, -0.2) is 9.37 Å². The predicted molar refractivity (Wildman–Crippen MR) is 115 cm³/mol. The number of carbonyl (C=O) groups excluding carboxylic acids is 1. The third-order valence-electron chi connectivity index (χ3n) is 5.27. The molecule has 0 radical (unpaired) electrons. The lowest BCUT2D eigenvalue weighted by atomic mass is 10.2. The molecule has 3 aromatic rings. The molecule has 0 saturated carbocycles. The molecule has 0 aliphatic carbocycles. The number of hydrogen-bond donors (Lipinski definition) is 2. The molecule has 1 aliphatic rings. The van der Waals surface area contributed by atoms with E-state index >= 15 is 0 Å². The van der Waals surface area contributed by atoms with Gasteiger partial charge in [-0.15, -0.1) is 0 Å². The molecule has 0 spiro atoms. The van der Waals surface area contributed by atoms with Gasteiger partial charge in [0, 0.05) is 37.1 Å². The molecule has 2 aromatic carbocycles. The average molecular weight is 407 g/mol. The lowest BCUT2D eigenvalue weighted by molar-refractivity contribution is -0.117. The fraction of sp³-hybridized carbons (Fsp3) is 0.304. The highest BCUT2D eigenvalue weighted by Gasteiger charge is 2.18. The van der Waals surface area contributed by atoms with E-state index in [1.165, 1.54) is 6.07 Å². The van der Waals surface area contributed by atoms with Crippen LogP contribution in [0.1, 0.15) is 12.1 Å². The van der Waals surface area contributed by atoms with Crippen LogP contribution >= 0.6 is 0 Å². The second-order valence-corrected chi connectivity index (χ2v) is 7.56. The number of aromatic amines is 1. The molecule has 0 atom stereocenters. The third-order valence-corrected chi connectivity index (χ3v) is 5.27. The Morgan fingerprint density at radius 1 is 1.00 bits per heavy atom. The highest BCUT2D eigenvalue weighted by atomic mass is 19.1. The van der Waals surface area contributed by atoms with Gasteiger partial charge >= 0.3 is 0 Å². The van der Waals surface area contributed by atoms with Gasteiger partial charge in [-0.05, 0) is 31.6 Å². The number of anilines is 1. The van der Waals surface area contributed by atoms with Crippen LogP contribution in [0.3, 0.4) is 0 Å². The highest BCUT2D eigenvalue weighted by molar-refractivity contribution is 5.92. The summed E-state index contributed by atoms with van der Waals surface area (Å²) in [5.74, 6) is 0.281. The van der Waals surface area contributed by atoms with Crippen molar-refractivity contribution in [2.45, 2.75) is 13.0 Å². The van der Waals surface area contributed by atoms with E-state index in [1.807, 2.05) is 36.5 Å². The molecule has 2 heterocycles. The summed E-state index contributed by atoms with van der Waals surface area (Å²) in [7, 11) is 0. The van der Waals surface area contributed by atoms with E-state index in [1.54, 1.807) is 18.2 Å².